The van der Waals surface area contributed by atoms with E-state index in [1.165, 1.54) is 29.2 Å². The molecule has 1 saturated heterocycles. The third-order valence-electron chi connectivity index (χ3n) is 4.39. The van der Waals surface area contributed by atoms with E-state index in [0.717, 1.165) is 0 Å². The Morgan fingerprint density at radius 2 is 1.38 bits per heavy atom. The van der Waals surface area contributed by atoms with Crippen LogP contribution in [0, 0.1) is 0 Å². The largest absolute Gasteiger partial charge is 0.506 e. The van der Waals surface area contributed by atoms with Crippen LogP contribution in [0.25, 0.3) is 12.2 Å². The van der Waals surface area contributed by atoms with Gasteiger partial charge in [-0.1, -0.05) is 35.3 Å². The zero-order chi connectivity index (χ0) is 21.1. The molecule has 0 unspecified atom stereocenters. The van der Waals surface area contributed by atoms with Gasteiger partial charge in [0.1, 0.15) is 11.5 Å². The number of aromatic hydroxyl groups is 2. The lowest BCUT2D eigenvalue weighted by atomic mass is 9.94. The number of halogens is 4. The predicted molar refractivity (Wildman–Crippen MR) is 110 cm³/mol. The average Bonchev–Trinajstić information content (AvgIpc) is 2.64. The second-order valence-corrected chi connectivity index (χ2v) is 7.47. The molecule has 0 spiro atoms. The van der Waals surface area contributed by atoms with Gasteiger partial charge >= 0.3 is 0 Å². The second kappa shape index (κ2) is 8.95. The van der Waals surface area contributed by atoms with Crippen molar-refractivity contribution >= 4 is 41.1 Å². The molecule has 152 valence electrons. The van der Waals surface area contributed by atoms with Crippen LogP contribution in [0.3, 0.4) is 0 Å². The molecule has 2 aromatic rings. The number of nitrogens with zero attached hydrogens (tertiary/aromatic N) is 1. The molecule has 0 radical (unpaired) electrons. The Morgan fingerprint density at radius 3 is 1.76 bits per heavy atom. The minimum Gasteiger partial charge on any atom is -0.506 e. The number of hydrogen-bond acceptors (Lipinski definition) is 4. The predicted octanol–water partition coefficient (Wildman–Crippen LogP) is 5.02. The van der Waals surface area contributed by atoms with Crippen molar-refractivity contribution in [1.82, 2.24) is 4.90 Å². The SMILES string of the molecule is O=C1/C(=C\c2ccc(O)c(Cl)c2)CN(CC(F)F)C/C1=C/c1ccc(O)c(Cl)c1. The number of phenols is 2. The Morgan fingerprint density at radius 1 is 0.931 bits per heavy atom. The maximum Gasteiger partial charge on any atom is 0.251 e. The highest BCUT2D eigenvalue weighted by Crippen LogP contribution is 2.29. The molecule has 29 heavy (non-hydrogen) atoms. The van der Waals surface area contributed by atoms with Gasteiger partial charge in [0.15, 0.2) is 5.78 Å². The minimum atomic E-state index is -2.54. The molecule has 2 N–H and O–H groups in total. The highest BCUT2D eigenvalue weighted by atomic mass is 35.5. The third-order valence-corrected chi connectivity index (χ3v) is 5.00. The van der Waals surface area contributed by atoms with Crippen molar-refractivity contribution in [3.05, 3.63) is 68.7 Å². The van der Waals surface area contributed by atoms with Gasteiger partial charge in [0, 0.05) is 24.2 Å². The molecule has 0 atom stereocenters. The van der Waals surface area contributed by atoms with Gasteiger partial charge in [-0.2, -0.15) is 0 Å². The molecule has 0 aromatic heterocycles. The highest BCUT2D eigenvalue weighted by Gasteiger charge is 2.27. The van der Waals surface area contributed by atoms with E-state index in [4.69, 9.17) is 23.2 Å². The van der Waals surface area contributed by atoms with Crippen LogP contribution in [0.4, 0.5) is 8.78 Å². The monoisotopic (exact) mass is 439 g/mol. The van der Waals surface area contributed by atoms with Crippen LogP contribution in [0.1, 0.15) is 11.1 Å². The minimum absolute atomic E-state index is 0.0648. The lowest BCUT2D eigenvalue weighted by molar-refractivity contribution is -0.113. The number of carbonyl (C=O) groups is 1. The normalized spacial score (nSPS) is 18.2. The van der Waals surface area contributed by atoms with Gasteiger partial charge < -0.3 is 10.2 Å². The first-order valence-electron chi connectivity index (χ1n) is 8.66. The van der Waals surface area contributed by atoms with Gasteiger partial charge in [-0.3, -0.25) is 9.69 Å². The third kappa shape index (κ3) is 5.35. The summed E-state index contributed by atoms with van der Waals surface area (Å²) in [5.41, 5.74) is 1.80. The van der Waals surface area contributed by atoms with E-state index in [9.17, 15) is 23.8 Å². The summed E-state index contributed by atoms with van der Waals surface area (Å²) < 4.78 is 25.9. The van der Waals surface area contributed by atoms with Crippen LogP contribution >= 0.6 is 23.2 Å². The molecule has 4 nitrogen and oxygen atoms in total. The quantitative estimate of drug-likeness (QED) is 0.656. The number of ketones is 1. The molecule has 1 aliphatic heterocycles. The lowest BCUT2D eigenvalue weighted by Crippen LogP contribution is -2.40. The zero-order valence-electron chi connectivity index (χ0n) is 15.1. The Balaban J connectivity index is 1.98. The highest BCUT2D eigenvalue weighted by molar-refractivity contribution is 6.32. The standard InChI is InChI=1S/C21H17Cl2F2NO3/c22-16-7-12(1-3-18(16)27)5-14-9-26(11-20(24)25)10-15(21(14)29)6-13-2-4-19(28)17(23)8-13/h1-8,20,27-28H,9-11H2/b14-5-,15-6-. The van der Waals surface area contributed by atoms with E-state index in [2.05, 4.69) is 0 Å². The number of carbonyl (C=O) groups excluding carboxylic acids is 1. The second-order valence-electron chi connectivity index (χ2n) is 6.65. The van der Waals surface area contributed by atoms with Gasteiger partial charge in [0.05, 0.1) is 16.6 Å². The van der Waals surface area contributed by atoms with Crippen molar-refractivity contribution in [2.45, 2.75) is 6.43 Å². The molecule has 0 saturated carbocycles. The van der Waals surface area contributed by atoms with Crippen LogP contribution in [-0.2, 0) is 4.79 Å². The number of benzene rings is 2. The number of likely N-dealkylation sites (tertiary alicyclic amines) is 1. The Kier molecular flexibility index (Phi) is 6.57. The summed E-state index contributed by atoms with van der Waals surface area (Å²) in [6.45, 7) is -0.348. The van der Waals surface area contributed by atoms with Crippen LogP contribution in [0.5, 0.6) is 11.5 Å². The van der Waals surface area contributed by atoms with Gasteiger partial charge in [-0.15, -0.1) is 0 Å². The van der Waals surface area contributed by atoms with Gasteiger partial charge in [0.2, 0.25) is 0 Å². The molecule has 2 aromatic carbocycles. The summed E-state index contributed by atoms with van der Waals surface area (Å²) in [4.78, 5) is 14.4. The van der Waals surface area contributed by atoms with E-state index >= 15 is 0 Å². The summed E-state index contributed by atoms with van der Waals surface area (Å²) in [6.07, 6.45) is 0.600. The van der Waals surface area contributed by atoms with E-state index in [0.29, 0.717) is 22.3 Å². The number of alkyl halides is 2. The van der Waals surface area contributed by atoms with E-state index in [-0.39, 0.29) is 40.4 Å². The lowest BCUT2D eigenvalue weighted by Gasteiger charge is -2.29. The van der Waals surface area contributed by atoms with E-state index < -0.39 is 13.0 Å². The number of rotatable bonds is 4. The van der Waals surface area contributed by atoms with Gasteiger partial charge in [-0.05, 0) is 47.5 Å². The van der Waals surface area contributed by atoms with Crippen LogP contribution < -0.4 is 0 Å². The molecular weight excluding hydrogens is 423 g/mol. The van der Waals surface area contributed by atoms with Crippen molar-refractivity contribution in [1.29, 1.82) is 0 Å². The first kappa shape index (κ1) is 21.3. The molecule has 8 heteroatoms. The van der Waals surface area contributed by atoms with Crippen molar-refractivity contribution < 1.29 is 23.8 Å². The first-order chi connectivity index (χ1) is 13.7. The topological polar surface area (TPSA) is 60.8 Å². The average molecular weight is 440 g/mol. The number of hydrogen-bond donors (Lipinski definition) is 2. The maximum absolute atomic E-state index is 13.0. The smallest absolute Gasteiger partial charge is 0.251 e. The fourth-order valence-electron chi connectivity index (χ4n) is 3.06. The Hall–Kier alpha value is -2.41. The summed E-state index contributed by atoms with van der Waals surface area (Å²) in [6, 6.07) is 8.94. The summed E-state index contributed by atoms with van der Waals surface area (Å²) >= 11 is 11.8. The van der Waals surface area contributed by atoms with Crippen molar-refractivity contribution in [3.8, 4) is 11.5 Å². The molecule has 0 aliphatic carbocycles. The molecule has 1 heterocycles. The van der Waals surface area contributed by atoms with Crippen LogP contribution in [0.2, 0.25) is 10.0 Å². The molecule has 0 bridgehead atoms. The van der Waals surface area contributed by atoms with Gasteiger partial charge in [0.25, 0.3) is 6.43 Å². The van der Waals surface area contributed by atoms with Crippen molar-refractivity contribution in [3.63, 3.8) is 0 Å². The number of Topliss-reactive ketones (excluding diaryl/α,β-unsaturated/α-hetero) is 1. The van der Waals surface area contributed by atoms with E-state index in [1.54, 1.807) is 24.3 Å². The summed E-state index contributed by atoms with van der Waals surface area (Å²) in [5, 5.41) is 19.3. The maximum atomic E-state index is 13.0. The fourth-order valence-corrected chi connectivity index (χ4v) is 3.44. The Labute approximate surface area is 176 Å². The van der Waals surface area contributed by atoms with Crippen molar-refractivity contribution in [2.75, 3.05) is 19.6 Å². The molecule has 1 fully saturated rings. The summed E-state index contributed by atoms with van der Waals surface area (Å²) in [7, 11) is 0. The van der Waals surface area contributed by atoms with Crippen LogP contribution in [-0.4, -0.2) is 47.0 Å². The fraction of sp³-hybridized carbons (Fsp3) is 0.190. The molecule has 1 aliphatic rings. The number of piperidine rings is 1. The zero-order valence-corrected chi connectivity index (χ0v) is 16.6. The number of phenolic OH excluding ortho intramolecular Hbond substituents is 2. The molecule has 3 rings (SSSR count). The first-order valence-corrected chi connectivity index (χ1v) is 9.42. The molecule has 0 amide bonds. The van der Waals surface area contributed by atoms with Crippen molar-refractivity contribution in [2.24, 2.45) is 0 Å². The van der Waals surface area contributed by atoms with Crippen LogP contribution in [0.15, 0.2) is 47.5 Å². The molecular formula is C21H17Cl2F2NO3. The summed E-state index contributed by atoms with van der Waals surface area (Å²) in [5.74, 6) is -0.454. The van der Waals surface area contributed by atoms with Gasteiger partial charge in [-0.25, -0.2) is 8.78 Å². The van der Waals surface area contributed by atoms with E-state index in [1.807, 2.05) is 0 Å². The Bertz CT molecular complexity index is 932.